The second kappa shape index (κ2) is 20.5. The number of halogens is 1. The van der Waals surface area contributed by atoms with Gasteiger partial charge in [0.05, 0.1) is 12.1 Å². The van der Waals surface area contributed by atoms with E-state index in [9.17, 15) is 9.90 Å². The van der Waals surface area contributed by atoms with Crippen LogP contribution in [0.3, 0.4) is 0 Å². The Morgan fingerprint density at radius 1 is 0.743 bits per heavy atom. The van der Waals surface area contributed by atoms with Crippen molar-refractivity contribution in [1.29, 1.82) is 0 Å². The van der Waals surface area contributed by atoms with E-state index in [1.54, 1.807) is 0 Å². The van der Waals surface area contributed by atoms with E-state index in [4.69, 9.17) is 0 Å². The Balaban J connectivity index is 0.00000612. The molecule has 2 N–H and O–H groups in total. The average Bonchev–Trinajstić information content (AvgIpc) is 2.87. The van der Waals surface area contributed by atoms with Crippen LogP contribution in [0.2, 0.25) is 0 Å². The Morgan fingerprint density at radius 3 is 1.74 bits per heavy atom. The first-order chi connectivity index (χ1) is 16.7. The molecule has 35 heavy (non-hydrogen) atoms. The van der Waals surface area contributed by atoms with Gasteiger partial charge < -0.3 is 27.4 Å². The quantitative estimate of drug-likeness (QED) is 0.208. The van der Waals surface area contributed by atoms with E-state index in [2.05, 4.69) is 40.5 Å². The minimum absolute atomic E-state index is 0. The molecule has 196 valence electrons. The number of rotatable bonds is 19. The predicted octanol–water partition coefficient (Wildman–Crippen LogP) is 3.68. The lowest BCUT2D eigenvalue weighted by atomic mass is 10.0. The summed E-state index contributed by atoms with van der Waals surface area (Å²) in [7, 11) is 0. The van der Waals surface area contributed by atoms with Gasteiger partial charge in [0.15, 0.2) is 12.4 Å². The first-order valence-electron chi connectivity index (χ1n) is 13.6. The number of nitrogens with zero attached hydrogens (tertiary/aromatic N) is 1. The Hall–Kier alpha value is -1.72. The van der Waals surface area contributed by atoms with E-state index in [0.717, 1.165) is 24.9 Å². The molecule has 4 nitrogen and oxygen atoms in total. The molecule has 1 aromatic heterocycles. The standard InChI is InChI=1S/C30H46N2O2.BrH/c1-27(30(34)28-21-15-13-16-22-28)31-29(33)23-17-11-9-7-5-3-2-4-6-8-10-12-18-24-32-25-19-14-20-26-32;/h13-16,19-22,25-27,30,34H,2-12,17-18,23-24H2,1H3;1H/t27-,30+;/m1./s1. The van der Waals surface area contributed by atoms with E-state index in [-0.39, 0.29) is 28.9 Å². The fraction of sp³-hybridized carbons (Fsp3) is 0.600. The highest BCUT2D eigenvalue weighted by molar-refractivity contribution is 5.76. The van der Waals surface area contributed by atoms with Crippen LogP contribution in [-0.4, -0.2) is 17.1 Å². The van der Waals surface area contributed by atoms with Crippen LogP contribution >= 0.6 is 0 Å². The van der Waals surface area contributed by atoms with Crippen molar-refractivity contribution in [1.82, 2.24) is 5.32 Å². The maximum Gasteiger partial charge on any atom is 0.220 e. The van der Waals surface area contributed by atoms with Gasteiger partial charge >= 0.3 is 0 Å². The summed E-state index contributed by atoms with van der Waals surface area (Å²) < 4.78 is 2.27. The van der Waals surface area contributed by atoms with Crippen LogP contribution < -0.4 is 26.9 Å². The normalized spacial score (nSPS) is 12.5. The van der Waals surface area contributed by atoms with E-state index < -0.39 is 6.10 Å². The van der Waals surface area contributed by atoms with Crippen LogP contribution in [-0.2, 0) is 11.3 Å². The fourth-order valence-electron chi connectivity index (χ4n) is 4.45. The van der Waals surface area contributed by atoms with Gasteiger partial charge in [0.2, 0.25) is 5.91 Å². The number of nitrogens with one attached hydrogen (secondary N) is 1. The van der Waals surface area contributed by atoms with Crippen LogP contribution in [0.25, 0.3) is 0 Å². The second-order valence-corrected chi connectivity index (χ2v) is 9.67. The van der Waals surface area contributed by atoms with Gasteiger partial charge in [-0.15, -0.1) is 0 Å². The third-order valence-corrected chi connectivity index (χ3v) is 6.60. The minimum Gasteiger partial charge on any atom is -1.00 e. The molecular weight excluding hydrogens is 500 g/mol. The van der Waals surface area contributed by atoms with Gasteiger partial charge in [-0.25, -0.2) is 4.57 Å². The summed E-state index contributed by atoms with van der Waals surface area (Å²) in [4.78, 5) is 12.1. The van der Waals surface area contributed by atoms with Crippen LogP contribution in [0.15, 0.2) is 60.9 Å². The summed E-state index contributed by atoms with van der Waals surface area (Å²) in [6.45, 7) is 3.00. The number of unbranched alkanes of at least 4 members (excludes halogenated alkanes) is 12. The number of aryl methyl sites for hydroxylation is 1. The van der Waals surface area contributed by atoms with Crippen LogP contribution in [0.1, 0.15) is 108 Å². The number of aliphatic hydroxyl groups excluding tert-OH is 1. The number of benzene rings is 1. The average molecular weight is 548 g/mol. The summed E-state index contributed by atoms with van der Waals surface area (Å²) in [6, 6.07) is 15.5. The molecule has 0 aliphatic heterocycles. The number of aliphatic hydroxyl groups is 1. The van der Waals surface area contributed by atoms with Gasteiger partial charge in [-0.1, -0.05) is 101 Å². The lowest BCUT2D eigenvalue weighted by molar-refractivity contribution is -0.697. The Morgan fingerprint density at radius 2 is 1.20 bits per heavy atom. The highest BCUT2D eigenvalue weighted by Gasteiger charge is 2.17. The number of aromatic nitrogens is 1. The zero-order valence-electron chi connectivity index (χ0n) is 21.7. The monoisotopic (exact) mass is 546 g/mol. The molecule has 0 saturated carbocycles. The molecule has 1 aromatic carbocycles. The molecule has 1 amide bonds. The van der Waals surface area contributed by atoms with Crippen molar-refractivity contribution in [3.05, 3.63) is 66.5 Å². The van der Waals surface area contributed by atoms with Gasteiger partial charge in [0.1, 0.15) is 6.54 Å². The van der Waals surface area contributed by atoms with Crippen molar-refractivity contribution in [2.45, 2.75) is 116 Å². The van der Waals surface area contributed by atoms with Crippen molar-refractivity contribution in [3.8, 4) is 0 Å². The molecule has 5 heteroatoms. The minimum atomic E-state index is -0.663. The van der Waals surface area contributed by atoms with Gasteiger partial charge in [-0.2, -0.15) is 0 Å². The van der Waals surface area contributed by atoms with E-state index in [0.29, 0.717) is 6.42 Å². The van der Waals surface area contributed by atoms with Gasteiger partial charge in [0.25, 0.3) is 0 Å². The molecule has 2 rings (SSSR count). The molecule has 0 aliphatic rings. The topological polar surface area (TPSA) is 53.2 Å². The summed E-state index contributed by atoms with van der Waals surface area (Å²) in [5.74, 6) is 0.0429. The van der Waals surface area contributed by atoms with Crippen molar-refractivity contribution in [2.75, 3.05) is 0 Å². The molecule has 0 saturated heterocycles. The summed E-state index contributed by atoms with van der Waals surface area (Å²) >= 11 is 0. The van der Waals surface area contributed by atoms with Crippen LogP contribution in [0.5, 0.6) is 0 Å². The van der Waals surface area contributed by atoms with Crippen LogP contribution in [0.4, 0.5) is 0 Å². The third kappa shape index (κ3) is 15.1. The molecule has 0 radical (unpaired) electrons. The van der Waals surface area contributed by atoms with Crippen molar-refractivity contribution < 1.29 is 31.4 Å². The summed E-state index contributed by atoms with van der Waals surface area (Å²) in [5.41, 5.74) is 0.841. The second-order valence-electron chi connectivity index (χ2n) is 9.67. The number of pyridine rings is 1. The van der Waals surface area contributed by atoms with Gasteiger partial charge in [-0.05, 0) is 25.3 Å². The first kappa shape index (κ1) is 31.3. The van der Waals surface area contributed by atoms with E-state index >= 15 is 0 Å². The van der Waals surface area contributed by atoms with Crippen LogP contribution in [0, 0.1) is 0 Å². The Bertz CT molecular complexity index is 757. The highest BCUT2D eigenvalue weighted by Crippen LogP contribution is 2.17. The molecule has 2 atom stereocenters. The molecular formula is C30H47BrN2O2. The van der Waals surface area contributed by atoms with Gasteiger partial charge in [0, 0.05) is 25.0 Å². The molecule has 0 unspecified atom stereocenters. The molecule has 0 aliphatic carbocycles. The van der Waals surface area contributed by atoms with Crippen molar-refractivity contribution in [3.63, 3.8) is 0 Å². The number of carbonyl (C=O) groups excluding carboxylic acids is 1. The number of amides is 1. The van der Waals surface area contributed by atoms with E-state index in [1.807, 2.05) is 37.3 Å². The number of carbonyl (C=O) groups is 1. The van der Waals surface area contributed by atoms with Crippen molar-refractivity contribution in [2.24, 2.45) is 0 Å². The lowest BCUT2D eigenvalue weighted by Crippen LogP contribution is -3.00. The zero-order chi connectivity index (χ0) is 24.3. The molecule has 0 bridgehead atoms. The molecule has 1 heterocycles. The molecule has 2 aromatic rings. The molecule has 0 spiro atoms. The van der Waals surface area contributed by atoms with E-state index in [1.165, 1.54) is 70.6 Å². The first-order valence-corrected chi connectivity index (χ1v) is 13.6. The Kier molecular flexibility index (Phi) is 18.3. The maximum atomic E-state index is 12.1. The lowest BCUT2D eigenvalue weighted by Gasteiger charge is -2.20. The third-order valence-electron chi connectivity index (χ3n) is 6.60. The molecule has 0 fully saturated rings. The summed E-state index contributed by atoms with van der Waals surface area (Å²) in [6.07, 6.45) is 20.9. The highest BCUT2D eigenvalue weighted by atomic mass is 79.9. The SMILES string of the molecule is C[C@@H](NC(=O)CCCCCCCCCCCCCCC[n+]1ccccc1)[C@H](O)c1ccccc1.[Br-]. The fourth-order valence-corrected chi connectivity index (χ4v) is 4.45. The predicted molar refractivity (Wildman–Crippen MR) is 140 cm³/mol. The smallest absolute Gasteiger partial charge is 0.220 e. The maximum absolute atomic E-state index is 12.1. The summed E-state index contributed by atoms with van der Waals surface area (Å²) in [5, 5.41) is 13.3. The number of hydrogen-bond acceptors (Lipinski definition) is 2. The van der Waals surface area contributed by atoms with Crippen molar-refractivity contribution >= 4 is 5.91 Å². The Labute approximate surface area is 224 Å². The largest absolute Gasteiger partial charge is 1.00 e. The van der Waals surface area contributed by atoms with Gasteiger partial charge in [-0.3, -0.25) is 4.79 Å². The zero-order valence-corrected chi connectivity index (χ0v) is 23.3. The number of hydrogen-bond donors (Lipinski definition) is 2.